The second-order valence-electron chi connectivity index (χ2n) is 5.64. The molecular formula is C19H15IO. The average Bonchev–Trinajstić information content (AvgIpc) is 2.79. The first-order valence-corrected chi connectivity index (χ1v) is 8.18. The Morgan fingerprint density at radius 2 is 1.81 bits per heavy atom. The van der Waals surface area contributed by atoms with E-state index in [0.29, 0.717) is 5.92 Å². The number of para-hydroxylation sites is 1. The zero-order valence-corrected chi connectivity index (χ0v) is 13.9. The van der Waals surface area contributed by atoms with Gasteiger partial charge in [0.15, 0.2) is 3.61 Å². The van der Waals surface area contributed by atoms with Crippen molar-refractivity contribution in [1.29, 1.82) is 0 Å². The minimum atomic E-state index is -0.309. The maximum atomic E-state index is 6.23. The van der Waals surface area contributed by atoms with Gasteiger partial charge in [0.05, 0.1) is 5.92 Å². The van der Waals surface area contributed by atoms with Crippen LogP contribution in [-0.2, 0) is 0 Å². The summed E-state index contributed by atoms with van der Waals surface area (Å²) in [7, 11) is 0. The number of hydrogen-bond acceptors (Lipinski definition) is 1. The lowest BCUT2D eigenvalue weighted by atomic mass is 9.87. The van der Waals surface area contributed by atoms with E-state index in [-0.39, 0.29) is 3.61 Å². The molecule has 1 aliphatic heterocycles. The minimum absolute atomic E-state index is 0.295. The van der Waals surface area contributed by atoms with Gasteiger partial charge in [-0.05, 0) is 52.8 Å². The number of benzene rings is 2. The summed E-state index contributed by atoms with van der Waals surface area (Å²) in [5, 5.41) is 0. The molecule has 2 aliphatic rings. The number of aryl methyl sites for hydroxylation is 1. The maximum absolute atomic E-state index is 6.23. The lowest BCUT2D eigenvalue weighted by Crippen LogP contribution is -2.29. The van der Waals surface area contributed by atoms with Gasteiger partial charge in [0, 0.05) is 5.56 Å². The first-order chi connectivity index (χ1) is 10.2. The van der Waals surface area contributed by atoms with Gasteiger partial charge in [0.1, 0.15) is 5.75 Å². The third-order valence-corrected chi connectivity index (χ3v) is 5.35. The highest BCUT2D eigenvalue weighted by Gasteiger charge is 2.45. The first kappa shape index (κ1) is 13.1. The van der Waals surface area contributed by atoms with Crippen molar-refractivity contribution in [2.24, 2.45) is 0 Å². The van der Waals surface area contributed by atoms with Gasteiger partial charge in [-0.1, -0.05) is 60.2 Å². The fourth-order valence-corrected chi connectivity index (χ4v) is 4.13. The highest BCUT2D eigenvalue weighted by molar-refractivity contribution is 14.1. The third kappa shape index (κ3) is 2.13. The molecule has 1 aliphatic carbocycles. The second-order valence-corrected chi connectivity index (χ2v) is 7.33. The summed E-state index contributed by atoms with van der Waals surface area (Å²) in [5.74, 6) is 1.30. The summed E-state index contributed by atoms with van der Waals surface area (Å²) in [6.45, 7) is 2.11. The van der Waals surface area contributed by atoms with Crippen LogP contribution < -0.4 is 4.74 Å². The van der Waals surface area contributed by atoms with Gasteiger partial charge in [-0.25, -0.2) is 0 Å². The lowest BCUT2D eigenvalue weighted by Gasteiger charge is -2.28. The van der Waals surface area contributed by atoms with Crippen molar-refractivity contribution >= 4 is 28.2 Å². The van der Waals surface area contributed by atoms with E-state index in [9.17, 15) is 0 Å². The predicted octanol–water partition coefficient (Wildman–Crippen LogP) is 5.26. The highest BCUT2D eigenvalue weighted by Crippen LogP contribution is 2.52. The van der Waals surface area contributed by atoms with Gasteiger partial charge in [-0.3, -0.25) is 0 Å². The molecule has 21 heavy (non-hydrogen) atoms. The van der Waals surface area contributed by atoms with Gasteiger partial charge >= 0.3 is 0 Å². The molecular weight excluding hydrogens is 371 g/mol. The summed E-state index contributed by atoms with van der Waals surface area (Å²) in [4.78, 5) is 0. The van der Waals surface area contributed by atoms with E-state index >= 15 is 0 Å². The maximum Gasteiger partial charge on any atom is 0.188 e. The van der Waals surface area contributed by atoms with Crippen LogP contribution >= 0.6 is 22.6 Å². The van der Waals surface area contributed by atoms with Crippen LogP contribution in [-0.4, -0.2) is 3.61 Å². The van der Waals surface area contributed by atoms with Crippen molar-refractivity contribution in [3.8, 4) is 5.75 Å². The molecule has 0 saturated heterocycles. The van der Waals surface area contributed by atoms with Gasteiger partial charge in [-0.2, -0.15) is 0 Å². The summed E-state index contributed by atoms with van der Waals surface area (Å²) < 4.78 is 5.92. The number of halogens is 1. The summed E-state index contributed by atoms with van der Waals surface area (Å²) in [6.07, 6.45) is 6.74. The largest absolute Gasteiger partial charge is 0.472 e. The molecule has 0 amide bonds. The molecule has 0 fully saturated rings. The normalized spacial score (nSPS) is 25.8. The van der Waals surface area contributed by atoms with E-state index in [1.54, 1.807) is 0 Å². The van der Waals surface area contributed by atoms with Gasteiger partial charge in [-0.15, -0.1) is 0 Å². The molecule has 0 radical (unpaired) electrons. The summed E-state index contributed by atoms with van der Waals surface area (Å²) in [6, 6.07) is 17.0. The number of hydrogen-bond donors (Lipinski definition) is 0. The Hall–Kier alpha value is -1.55. The average molecular weight is 386 g/mol. The smallest absolute Gasteiger partial charge is 0.188 e. The predicted molar refractivity (Wildman–Crippen MR) is 94.9 cm³/mol. The molecule has 0 aromatic heterocycles. The van der Waals surface area contributed by atoms with Crippen LogP contribution in [0.15, 0.2) is 66.8 Å². The van der Waals surface area contributed by atoms with E-state index < -0.39 is 0 Å². The molecule has 2 heteroatoms. The van der Waals surface area contributed by atoms with E-state index in [0.717, 1.165) is 5.75 Å². The van der Waals surface area contributed by atoms with Crippen LogP contribution in [0.4, 0.5) is 0 Å². The molecule has 2 unspecified atom stereocenters. The van der Waals surface area contributed by atoms with E-state index in [1.807, 2.05) is 6.07 Å². The van der Waals surface area contributed by atoms with Crippen molar-refractivity contribution in [2.75, 3.05) is 0 Å². The number of ether oxygens (including phenoxy) is 1. The molecule has 104 valence electrons. The Kier molecular flexibility index (Phi) is 2.96. The zero-order valence-electron chi connectivity index (χ0n) is 11.7. The van der Waals surface area contributed by atoms with Crippen molar-refractivity contribution in [2.45, 2.75) is 16.4 Å². The molecule has 4 rings (SSSR count). The molecule has 2 aromatic rings. The van der Waals surface area contributed by atoms with Crippen molar-refractivity contribution in [3.63, 3.8) is 0 Å². The topological polar surface area (TPSA) is 9.23 Å². The van der Waals surface area contributed by atoms with Crippen molar-refractivity contribution in [3.05, 3.63) is 83.4 Å². The molecule has 1 nitrogen and oxygen atoms in total. The number of alkyl halides is 1. The van der Waals surface area contributed by atoms with Crippen LogP contribution in [0.1, 0.15) is 22.6 Å². The molecule has 0 saturated carbocycles. The monoisotopic (exact) mass is 386 g/mol. The van der Waals surface area contributed by atoms with Crippen LogP contribution in [0.3, 0.4) is 0 Å². The standard InChI is InChI=1S/C19H15IO/c1-13-6-8-14(9-7-13)15-10-11-17-16-4-2-3-5-18(16)21-19(17,20)12-15/h2-12,17H,1H3. The van der Waals surface area contributed by atoms with Crippen molar-refractivity contribution < 1.29 is 4.74 Å². The molecule has 1 heterocycles. The lowest BCUT2D eigenvalue weighted by molar-refractivity contribution is 0.252. The molecule has 0 spiro atoms. The Labute approximate surface area is 138 Å². The SMILES string of the molecule is Cc1ccc(C2=CC3(I)Oc4ccccc4C3C=C2)cc1. The molecule has 2 atom stereocenters. The van der Waals surface area contributed by atoms with E-state index in [4.69, 9.17) is 4.74 Å². The van der Waals surface area contributed by atoms with E-state index in [1.165, 1.54) is 22.3 Å². The molecule has 0 N–H and O–H groups in total. The fraction of sp³-hybridized carbons (Fsp3) is 0.158. The van der Waals surface area contributed by atoms with Crippen LogP contribution in [0.25, 0.3) is 5.57 Å². The van der Waals surface area contributed by atoms with Gasteiger partial charge < -0.3 is 4.74 Å². The van der Waals surface area contributed by atoms with E-state index in [2.05, 4.69) is 90.2 Å². The quantitative estimate of drug-likeness (QED) is 0.480. The fourth-order valence-electron chi connectivity index (χ4n) is 3.01. The van der Waals surface area contributed by atoms with Crippen LogP contribution in [0, 0.1) is 6.92 Å². The van der Waals surface area contributed by atoms with Crippen LogP contribution in [0.5, 0.6) is 5.75 Å². The van der Waals surface area contributed by atoms with Gasteiger partial charge in [0.2, 0.25) is 0 Å². The Balaban J connectivity index is 1.76. The third-order valence-electron chi connectivity index (χ3n) is 4.15. The highest BCUT2D eigenvalue weighted by atomic mass is 127. The Morgan fingerprint density at radius 3 is 2.62 bits per heavy atom. The van der Waals surface area contributed by atoms with Crippen LogP contribution in [0.2, 0.25) is 0 Å². The summed E-state index contributed by atoms with van der Waals surface area (Å²) in [5.41, 5.74) is 5.03. The summed E-state index contributed by atoms with van der Waals surface area (Å²) >= 11 is 2.44. The number of rotatable bonds is 1. The minimum Gasteiger partial charge on any atom is -0.472 e. The van der Waals surface area contributed by atoms with Crippen molar-refractivity contribution in [1.82, 2.24) is 0 Å². The second kappa shape index (κ2) is 4.73. The Bertz CT molecular complexity index is 757. The number of fused-ring (bicyclic) bond motifs is 3. The molecule has 2 aromatic carbocycles. The molecule has 0 bridgehead atoms. The first-order valence-electron chi connectivity index (χ1n) is 7.11. The van der Waals surface area contributed by atoms with Gasteiger partial charge in [0.25, 0.3) is 0 Å². The Morgan fingerprint density at radius 1 is 1.05 bits per heavy atom. The number of allylic oxidation sites excluding steroid dienone is 2. The zero-order chi connectivity index (χ0) is 14.4.